The van der Waals surface area contributed by atoms with Gasteiger partial charge in [0.25, 0.3) is 0 Å². The van der Waals surface area contributed by atoms with E-state index in [2.05, 4.69) is 23.8 Å². The van der Waals surface area contributed by atoms with Gasteiger partial charge in [0.1, 0.15) is 5.75 Å². The number of ether oxygens (including phenoxy) is 1. The Morgan fingerprint density at radius 1 is 0.742 bits per heavy atom. The molecule has 0 fully saturated rings. The molecule has 2 aromatic rings. The van der Waals surface area contributed by atoms with Gasteiger partial charge in [-0.15, -0.1) is 0 Å². The molecule has 0 spiro atoms. The van der Waals surface area contributed by atoms with Crippen LogP contribution in [0.1, 0.15) is 103 Å². The van der Waals surface area contributed by atoms with Crippen LogP contribution in [0.15, 0.2) is 36.7 Å². The van der Waals surface area contributed by atoms with Crippen molar-refractivity contribution >= 4 is 5.97 Å². The summed E-state index contributed by atoms with van der Waals surface area (Å²) in [5.74, 6) is 1.13. The van der Waals surface area contributed by atoms with Gasteiger partial charge in [0.15, 0.2) is 5.82 Å². The van der Waals surface area contributed by atoms with Gasteiger partial charge >= 0.3 is 5.97 Å². The molecule has 0 bridgehead atoms. The zero-order chi connectivity index (χ0) is 22.2. The fourth-order valence-electron chi connectivity index (χ4n) is 3.65. The molecule has 0 saturated carbocycles. The van der Waals surface area contributed by atoms with E-state index in [-0.39, 0.29) is 5.97 Å². The first kappa shape index (κ1) is 25.0. The summed E-state index contributed by atoms with van der Waals surface area (Å²) in [5, 5.41) is 0. The van der Waals surface area contributed by atoms with Gasteiger partial charge in [0.05, 0.1) is 0 Å². The van der Waals surface area contributed by atoms with Gasteiger partial charge in [-0.1, -0.05) is 78.1 Å². The topological polar surface area (TPSA) is 52.1 Å². The molecular formula is C27H40N2O2. The molecule has 0 saturated heterocycles. The summed E-state index contributed by atoms with van der Waals surface area (Å²) >= 11 is 0. The van der Waals surface area contributed by atoms with Crippen molar-refractivity contribution in [1.82, 2.24) is 9.97 Å². The second-order valence-corrected chi connectivity index (χ2v) is 8.45. The van der Waals surface area contributed by atoms with Crippen LogP contribution in [0.3, 0.4) is 0 Å². The van der Waals surface area contributed by atoms with Crippen LogP contribution in [-0.4, -0.2) is 15.9 Å². The first-order chi connectivity index (χ1) is 15.2. The molecule has 4 nitrogen and oxygen atoms in total. The monoisotopic (exact) mass is 424 g/mol. The van der Waals surface area contributed by atoms with Crippen molar-refractivity contribution in [2.24, 2.45) is 0 Å². The van der Waals surface area contributed by atoms with E-state index in [9.17, 15) is 4.79 Å². The van der Waals surface area contributed by atoms with E-state index in [1.165, 1.54) is 69.8 Å². The zero-order valence-corrected chi connectivity index (χ0v) is 19.6. The van der Waals surface area contributed by atoms with Crippen LogP contribution in [0.25, 0.3) is 11.4 Å². The summed E-state index contributed by atoms with van der Waals surface area (Å²) in [4.78, 5) is 21.0. The quantitative estimate of drug-likeness (QED) is 0.157. The molecule has 0 aliphatic heterocycles. The molecule has 0 radical (unpaired) electrons. The molecule has 2 rings (SSSR count). The second-order valence-electron chi connectivity index (χ2n) is 8.45. The highest BCUT2D eigenvalue weighted by Gasteiger charge is 2.07. The molecule has 0 atom stereocenters. The maximum absolute atomic E-state index is 12.0. The van der Waals surface area contributed by atoms with Crippen molar-refractivity contribution in [3.05, 3.63) is 42.2 Å². The molecule has 0 aliphatic carbocycles. The van der Waals surface area contributed by atoms with Crippen LogP contribution in [-0.2, 0) is 11.2 Å². The second kappa shape index (κ2) is 15.6. The molecule has 31 heavy (non-hydrogen) atoms. The predicted molar refractivity (Wildman–Crippen MR) is 128 cm³/mol. The molecule has 0 amide bonds. The number of benzene rings is 1. The van der Waals surface area contributed by atoms with Gasteiger partial charge < -0.3 is 4.74 Å². The first-order valence-corrected chi connectivity index (χ1v) is 12.3. The minimum atomic E-state index is -0.157. The number of nitrogens with zero attached hydrogens (tertiary/aromatic N) is 2. The van der Waals surface area contributed by atoms with Crippen molar-refractivity contribution in [2.75, 3.05) is 0 Å². The number of rotatable bonds is 16. The number of hydrogen-bond acceptors (Lipinski definition) is 4. The lowest BCUT2D eigenvalue weighted by Gasteiger charge is -2.06. The molecule has 0 unspecified atom stereocenters. The maximum Gasteiger partial charge on any atom is 0.311 e. The molecule has 1 heterocycles. The smallest absolute Gasteiger partial charge is 0.311 e. The van der Waals surface area contributed by atoms with Gasteiger partial charge in [0, 0.05) is 24.4 Å². The van der Waals surface area contributed by atoms with Crippen molar-refractivity contribution in [1.29, 1.82) is 0 Å². The maximum atomic E-state index is 12.0. The minimum absolute atomic E-state index is 0.157. The standard InChI is InChI=1S/C27H40N2O2/c1-3-5-7-9-10-12-13-15-23-21-28-27(29-22-23)24-17-19-25(20-18-24)31-26(30)16-14-11-8-6-4-2/h17-22H,3-16H2,1-2H3. The summed E-state index contributed by atoms with van der Waals surface area (Å²) in [6.45, 7) is 4.44. The largest absolute Gasteiger partial charge is 0.427 e. The molecule has 0 aliphatic rings. The van der Waals surface area contributed by atoms with Gasteiger partial charge in [-0.05, 0) is 49.1 Å². The van der Waals surface area contributed by atoms with Crippen molar-refractivity contribution in [3.63, 3.8) is 0 Å². The minimum Gasteiger partial charge on any atom is -0.427 e. The average molecular weight is 425 g/mol. The molecule has 1 aromatic heterocycles. The third-order valence-corrected chi connectivity index (χ3v) is 5.60. The molecular weight excluding hydrogens is 384 g/mol. The number of unbranched alkanes of at least 4 members (excludes halogenated alkanes) is 10. The zero-order valence-electron chi connectivity index (χ0n) is 19.6. The van der Waals surface area contributed by atoms with Gasteiger partial charge in [-0.3, -0.25) is 4.79 Å². The normalized spacial score (nSPS) is 10.9. The number of esters is 1. The van der Waals surface area contributed by atoms with Crippen LogP contribution < -0.4 is 4.74 Å². The van der Waals surface area contributed by atoms with Crippen molar-refractivity contribution in [2.45, 2.75) is 104 Å². The van der Waals surface area contributed by atoms with E-state index < -0.39 is 0 Å². The van der Waals surface area contributed by atoms with Crippen LogP contribution >= 0.6 is 0 Å². The SMILES string of the molecule is CCCCCCCCCc1cnc(-c2ccc(OC(=O)CCCCCCC)cc2)nc1. The van der Waals surface area contributed by atoms with Crippen LogP contribution in [0.5, 0.6) is 5.75 Å². The number of carbonyl (C=O) groups excluding carboxylic acids is 1. The van der Waals surface area contributed by atoms with Gasteiger partial charge in [-0.25, -0.2) is 9.97 Å². The Morgan fingerprint density at radius 2 is 1.29 bits per heavy atom. The fourth-order valence-corrected chi connectivity index (χ4v) is 3.65. The van der Waals surface area contributed by atoms with E-state index in [0.29, 0.717) is 18.0 Å². The number of hydrogen-bond donors (Lipinski definition) is 0. The molecule has 0 N–H and O–H groups in total. The lowest BCUT2D eigenvalue weighted by molar-refractivity contribution is -0.134. The van der Waals surface area contributed by atoms with Crippen LogP contribution in [0, 0.1) is 0 Å². The van der Waals surface area contributed by atoms with E-state index in [1.54, 1.807) is 0 Å². The molecule has 4 heteroatoms. The summed E-state index contributed by atoms with van der Waals surface area (Å²) in [6, 6.07) is 7.46. The Hall–Kier alpha value is -2.23. The number of aromatic nitrogens is 2. The Bertz CT molecular complexity index is 726. The summed E-state index contributed by atoms with van der Waals surface area (Å²) in [6.07, 6.45) is 20.2. The van der Waals surface area contributed by atoms with Gasteiger partial charge in [-0.2, -0.15) is 0 Å². The Labute approximate surface area is 188 Å². The van der Waals surface area contributed by atoms with Crippen LogP contribution in [0.4, 0.5) is 0 Å². The Balaban J connectivity index is 1.71. The van der Waals surface area contributed by atoms with E-state index in [1.807, 2.05) is 36.7 Å². The lowest BCUT2D eigenvalue weighted by atomic mass is 10.1. The van der Waals surface area contributed by atoms with Crippen molar-refractivity contribution < 1.29 is 9.53 Å². The predicted octanol–water partition coefficient (Wildman–Crippen LogP) is 7.70. The third kappa shape index (κ3) is 10.6. The van der Waals surface area contributed by atoms with E-state index >= 15 is 0 Å². The number of carbonyl (C=O) groups is 1. The highest BCUT2D eigenvalue weighted by molar-refractivity contribution is 5.72. The van der Waals surface area contributed by atoms with Gasteiger partial charge in [0.2, 0.25) is 0 Å². The third-order valence-electron chi connectivity index (χ3n) is 5.60. The highest BCUT2D eigenvalue weighted by Crippen LogP contribution is 2.20. The number of aryl methyl sites for hydroxylation is 1. The van der Waals surface area contributed by atoms with E-state index in [0.717, 1.165) is 24.8 Å². The lowest BCUT2D eigenvalue weighted by Crippen LogP contribution is -2.07. The Morgan fingerprint density at radius 3 is 1.90 bits per heavy atom. The summed E-state index contributed by atoms with van der Waals surface area (Å²) < 4.78 is 5.44. The van der Waals surface area contributed by atoms with Crippen LogP contribution in [0.2, 0.25) is 0 Å². The molecule has 170 valence electrons. The van der Waals surface area contributed by atoms with E-state index in [4.69, 9.17) is 4.74 Å². The summed E-state index contributed by atoms with van der Waals surface area (Å²) in [7, 11) is 0. The highest BCUT2D eigenvalue weighted by atomic mass is 16.5. The summed E-state index contributed by atoms with van der Waals surface area (Å²) in [5.41, 5.74) is 2.13. The fraction of sp³-hybridized carbons (Fsp3) is 0.593. The van der Waals surface area contributed by atoms with Crippen molar-refractivity contribution in [3.8, 4) is 17.1 Å². The molecule has 1 aromatic carbocycles. The Kier molecular flexibility index (Phi) is 12.6. The average Bonchev–Trinajstić information content (AvgIpc) is 2.79. The first-order valence-electron chi connectivity index (χ1n) is 12.3.